The van der Waals surface area contributed by atoms with Crippen molar-refractivity contribution in [2.75, 3.05) is 5.73 Å². The van der Waals surface area contributed by atoms with Gasteiger partial charge in [-0.2, -0.15) is 0 Å². The number of rotatable bonds is 2. The van der Waals surface area contributed by atoms with Gasteiger partial charge in [0.2, 0.25) is 0 Å². The number of nitrogen functional groups attached to an aromatic ring is 1. The quantitative estimate of drug-likeness (QED) is 0.812. The van der Waals surface area contributed by atoms with Crippen LogP contribution >= 0.6 is 27.7 Å². The molecular formula is C12H16BrNS. The number of hydrogen-bond acceptors (Lipinski definition) is 2. The molecule has 1 fully saturated rings. The van der Waals surface area contributed by atoms with Gasteiger partial charge in [-0.05, 0) is 31.0 Å². The summed E-state index contributed by atoms with van der Waals surface area (Å²) in [6.45, 7) is 0. The van der Waals surface area contributed by atoms with E-state index in [1.54, 1.807) is 0 Å². The van der Waals surface area contributed by atoms with Crippen molar-refractivity contribution in [2.24, 2.45) is 0 Å². The van der Waals surface area contributed by atoms with Crippen molar-refractivity contribution in [2.45, 2.75) is 42.2 Å². The third-order valence-corrected chi connectivity index (χ3v) is 4.73. The number of thioether (sulfide) groups is 1. The Morgan fingerprint density at radius 3 is 2.67 bits per heavy atom. The molecule has 1 aliphatic carbocycles. The minimum absolute atomic E-state index is 0.773. The van der Waals surface area contributed by atoms with E-state index in [1.165, 1.54) is 37.0 Å². The van der Waals surface area contributed by atoms with Crippen molar-refractivity contribution in [3.8, 4) is 0 Å². The Morgan fingerprint density at radius 2 is 1.93 bits per heavy atom. The summed E-state index contributed by atoms with van der Waals surface area (Å²) in [4.78, 5) is 1.23. The van der Waals surface area contributed by atoms with Crippen molar-refractivity contribution in [3.63, 3.8) is 0 Å². The zero-order valence-electron chi connectivity index (χ0n) is 8.71. The highest BCUT2D eigenvalue weighted by Crippen LogP contribution is 2.37. The first-order chi connectivity index (χ1) is 7.25. The van der Waals surface area contributed by atoms with E-state index in [0.29, 0.717) is 0 Å². The Labute approximate surface area is 104 Å². The van der Waals surface area contributed by atoms with Gasteiger partial charge in [0.1, 0.15) is 0 Å². The van der Waals surface area contributed by atoms with Crippen LogP contribution in [0.2, 0.25) is 0 Å². The van der Waals surface area contributed by atoms with Gasteiger partial charge in [0.15, 0.2) is 0 Å². The van der Waals surface area contributed by atoms with Gasteiger partial charge in [-0.25, -0.2) is 0 Å². The molecule has 2 N–H and O–H groups in total. The van der Waals surface area contributed by atoms with Gasteiger partial charge >= 0.3 is 0 Å². The molecule has 82 valence electrons. The fourth-order valence-corrected chi connectivity index (χ4v) is 3.81. The first-order valence-corrected chi connectivity index (χ1v) is 7.14. The zero-order valence-corrected chi connectivity index (χ0v) is 11.1. The monoisotopic (exact) mass is 285 g/mol. The van der Waals surface area contributed by atoms with Crippen molar-refractivity contribution in [3.05, 3.63) is 22.7 Å². The molecular weight excluding hydrogens is 270 g/mol. The maximum absolute atomic E-state index is 5.96. The van der Waals surface area contributed by atoms with Crippen LogP contribution in [0.5, 0.6) is 0 Å². The minimum Gasteiger partial charge on any atom is -0.398 e. The molecule has 0 aromatic heterocycles. The summed E-state index contributed by atoms with van der Waals surface area (Å²) in [6.07, 6.45) is 6.86. The molecule has 0 saturated heterocycles. The van der Waals surface area contributed by atoms with Crippen molar-refractivity contribution >= 4 is 33.4 Å². The molecule has 0 aliphatic heterocycles. The standard InChI is InChI=1S/C12H16BrNS/c13-9-6-7-11(14)12(8-9)15-10-4-2-1-3-5-10/h6-8,10H,1-5,14H2. The van der Waals surface area contributed by atoms with E-state index in [4.69, 9.17) is 5.73 Å². The molecule has 0 amide bonds. The van der Waals surface area contributed by atoms with E-state index in [9.17, 15) is 0 Å². The second-order valence-corrected chi connectivity index (χ2v) is 6.32. The van der Waals surface area contributed by atoms with E-state index in [-0.39, 0.29) is 0 Å². The highest BCUT2D eigenvalue weighted by atomic mass is 79.9. The van der Waals surface area contributed by atoms with Gasteiger partial charge in [-0.3, -0.25) is 0 Å². The maximum Gasteiger partial charge on any atom is 0.0453 e. The van der Waals surface area contributed by atoms with Gasteiger partial charge in [0, 0.05) is 20.3 Å². The van der Waals surface area contributed by atoms with Gasteiger partial charge in [-0.15, -0.1) is 11.8 Å². The van der Waals surface area contributed by atoms with Crippen molar-refractivity contribution in [1.82, 2.24) is 0 Å². The fourth-order valence-electron chi connectivity index (χ4n) is 1.97. The minimum atomic E-state index is 0.773. The number of benzene rings is 1. The predicted molar refractivity (Wildman–Crippen MR) is 71.3 cm³/mol. The first kappa shape index (κ1) is 11.3. The van der Waals surface area contributed by atoms with E-state index >= 15 is 0 Å². The van der Waals surface area contributed by atoms with Crippen LogP contribution in [0.4, 0.5) is 5.69 Å². The predicted octanol–water partition coefficient (Wildman–Crippen LogP) is 4.46. The Bertz CT molecular complexity index is 334. The highest BCUT2D eigenvalue weighted by molar-refractivity contribution is 9.10. The fraction of sp³-hybridized carbons (Fsp3) is 0.500. The van der Waals surface area contributed by atoms with Crippen molar-refractivity contribution < 1.29 is 0 Å². The molecule has 1 aliphatic rings. The molecule has 1 saturated carbocycles. The molecule has 2 rings (SSSR count). The smallest absolute Gasteiger partial charge is 0.0453 e. The number of hydrogen-bond donors (Lipinski definition) is 1. The van der Waals surface area contributed by atoms with Crippen LogP contribution in [0.1, 0.15) is 32.1 Å². The Morgan fingerprint density at radius 1 is 1.20 bits per heavy atom. The summed E-state index contributed by atoms with van der Waals surface area (Å²) < 4.78 is 1.12. The lowest BCUT2D eigenvalue weighted by Crippen LogP contribution is -2.08. The Kier molecular flexibility index (Phi) is 3.98. The van der Waals surface area contributed by atoms with Crippen molar-refractivity contribution in [1.29, 1.82) is 0 Å². The summed E-state index contributed by atoms with van der Waals surface area (Å²) in [5, 5.41) is 0.773. The Balaban J connectivity index is 2.05. The van der Waals surface area contributed by atoms with E-state index in [0.717, 1.165) is 15.4 Å². The molecule has 0 radical (unpaired) electrons. The van der Waals surface area contributed by atoms with E-state index in [1.807, 2.05) is 23.9 Å². The average molecular weight is 286 g/mol. The lowest BCUT2D eigenvalue weighted by Gasteiger charge is -2.21. The topological polar surface area (TPSA) is 26.0 Å². The maximum atomic E-state index is 5.96. The second-order valence-electron chi connectivity index (χ2n) is 4.06. The SMILES string of the molecule is Nc1ccc(Br)cc1SC1CCCCC1. The van der Waals surface area contributed by atoms with Crippen LogP contribution in [0.15, 0.2) is 27.6 Å². The molecule has 0 bridgehead atoms. The molecule has 1 aromatic rings. The lowest BCUT2D eigenvalue weighted by atomic mass is 10.0. The normalized spacial score (nSPS) is 17.9. The van der Waals surface area contributed by atoms with Crippen LogP contribution in [-0.4, -0.2) is 5.25 Å². The molecule has 3 heteroatoms. The molecule has 0 spiro atoms. The van der Waals surface area contributed by atoms with E-state index < -0.39 is 0 Å². The number of nitrogens with two attached hydrogens (primary N) is 1. The second kappa shape index (κ2) is 5.26. The van der Waals surface area contributed by atoms with Gasteiger partial charge in [0.05, 0.1) is 0 Å². The average Bonchev–Trinajstić information content (AvgIpc) is 2.25. The lowest BCUT2D eigenvalue weighted by molar-refractivity contribution is 0.516. The largest absolute Gasteiger partial charge is 0.398 e. The summed E-state index contributed by atoms with van der Waals surface area (Å²) in [7, 11) is 0. The van der Waals surface area contributed by atoms with Gasteiger partial charge < -0.3 is 5.73 Å². The van der Waals surface area contributed by atoms with Crippen LogP contribution in [0.3, 0.4) is 0 Å². The third-order valence-electron chi connectivity index (χ3n) is 2.82. The number of anilines is 1. The molecule has 1 aromatic carbocycles. The summed E-state index contributed by atoms with van der Waals surface area (Å²) in [5.41, 5.74) is 6.88. The first-order valence-electron chi connectivity index (χ1n) is 5.47. The highest BCUT2D eigenvalue weighted by Gasteiger charge is 2.15. The van der Waals surface area contributed by atoms with Crippen LogP contribution < -0.4 is 5.73 Å². The summed E-state index contributed by atoms with van der Waals surface area (Å²) in [5.74, 6) is 0. The van der Waals surface area contributed by atoms with E-state index in [2.05, 4.69) is 22.0 Å². The molecule has 1 nitrogen and oxygen atoms in total. The van der Waals surface area contributed by atoms with Crippen LogP contribution in [-0.2, 0) is 0 Å². The molecule has 0 unspecified atom stereocenters. The zero-order chi connectivity index (χ0) is 10.7. The summed E-state index contributed by atoms with van der Waals surface area (Å²) in [6, 6.07) is 6.12. The van der Waals surface area contributed by atoms with Crippen LogP contribution in [0.25, 0.3) is 0 Å². The Hall–Kier alpha value is -0.150. The molecule has 0 heterocycles. The summed E-state index contributed by atoms with van der Waals surface area (Å²) >= 11 is 5.44. The van der Waals surface area contributed by atoms with Gasteiger partial charge in [0.25, 0.3) is 0 Å². The molecule has 0 atom stereocenters. The number of halogens is 1. The molecule has 15 heavy (non-hydrogen) atoms. The van der Waals surface area contributed by atoms with Gasteiger partial charge in [-0.1, -0.05) is 35.2 Å². The van der Waals surface area contributed by atoms with Crippen LogP contribution in [0, 0.1) is 0 Å². The third kappa shape index (κ3) is 3.15.